The molecule has 0 radical (unpaired) electrons. The van der Waals surface area contributed by atoms with Crippen LogP contribution in [0.3, 0.4) is 0 Å². The van der Waals surface area contributed by atoms with Gasteiger partial charge in [-0.1, -0.05) is 30.5 Å². The molecule has 3 heterocycles. The van der Waals surface area contributed by atoms with Crippen molar-refractivity contribution < 1.29 is 18.9 Å². The van der Waals surface area contributed by atoms with Gasteiger partial charge in [0, 0.05) is 22.4 Å². The highest BCUT2D eigenvalue weighted by molar-refractivity contribution is 8.68. The second-order valence-corrected chi connectivity index (χ2v) is 16.1. The summed E-state index contributed by atoms with van der Waals surface area (Å²) in [4.78, 5) is 26.2. The molecule has 3 fully saturated rings. The predicted octanol–water partition coefficient (Wildman–Crippen LogP) is 3.25. The molecule has 1 aromatic rings. The molecule has 2 N–H and O–H groups in total. The molecule has 0 bridgehead atoms. The summed E-state index contributed by atoms with van der Waals surface area (Å²) in [5.74, 6) is 0.155. The lowest BCUT2D eigenvalue weighted by Gasteiger charge is -2.37. The summed E-state index contributed by atoms with van der Waals surface area (Å²) in [6.07, 6.45) is 2.14. The van der Waals surface area contributed by atoms with Crippen LogP contribution in [-0.4, -0.2) is 44.3 Å². The van der Waals surface area contributed by atoms with E-state index < -0.39 is 35.4 Å². The molecule has 0 amide bonds. The van der Waals surface area contributed by atoms with Crippen molar-refractivity contribution >= 4 is 28.9 Å². The van der Waals surface area contributed by atoms with E-state index in [2.05, 4.69) is 25.4 Å². The van der Waals surface area contributed by atoms with Crippen LogP contribution in [0.1, 0.15) is 51.8 Å². The van der Waals surface area contributed by atoms with Gasteiger partial charge in [-0.15, -0.1) is 0 Å². The minimum atomic E-state index is -2.57. The Labute approximate surface area is 196 Å². The van der Waals surface area contributed by atoms with E-state index >= 15 is 0 Å². The van der Waals surface area contributed by atoms with Crippen LogP contribution >= 0.6 is 17.1 Å². The molecule has 4 rings (SSSR count). The van der Waals surface area contributed by atoms with Crippen LogP contribution < -0.4 is 11.2 Å². The smallest absolute Gasteiger partial charge is 0.330 e. The summed E-state index contributed by atoms with van der Waals surface area (Å²) in [5.41, 5.74) is -2.10. The molecule has 11 heteroatoms. The van der Waals surface area contributed by atoms with Crippen LogP contribution in [-0.2, 0) is 25.6 Å². The first kappa shape index (κ1) is 24.4. The van der Waals surface area contributed by atoms with Crippen molar-refractivity contribution in [1.29, 1.82) is 0 Å². The van der Waals surface area contributed by atoms with Crippen molar-refractivity contribution in [3.05, 3.63) is 44.8 Å². The van der Waals surface area contributed by atoms with E-state index in [0.29, 0.717) is 11.5 Å². The van der Waals surface area contributed by atoms with Gasteiger partial charge in [-0.25, -0.2) is 4.79 Å². The highest BCUT2D eigenvalue weighted by atomic mass is 32.9. The van der Waals surface area contributed by atoms with Crippen LogP contribution in [0.2, 0.25) is 0 Å². The lowest BCUT2D eigenvalue weighted by atomic mass is 9.77. The van der Waals surface area contributed by atoms with Crippen molar-refractivity contribution in [1.82, 2.24) is 9.55 Å². The fraction of sp³-hybridized carbons (Fsp3) is 0.714. The number of nitrogens with one attached hydrogen (secondary N) is 1. The van der Waals surface area contributed by atoms with Crippen LogP contribution in [0.4, 0.5) is 0 Å². The number of aliphatic hydroxyl groups is 1. The number of H-pyrrole nitrogens is 1. The first-order valence-corrected chi connectivity index (χ1v) is 14.9. The molecule has 2 aliphatic heterocycles. The van der Waals surface area contributed by atoms with Gasteiger partial charge in [0.15, 0.2) is 6.23 Å². The third-order valence-corrected chi connectivity index (χ3v) is 12.8. The highest BCUT2D eigenvalue weighted by Crippen LogP contribution is 2.75. The fourth-order valence-corrected chi connectivity index (χ4v) is 11.8. The monoisotopic (exact) mass is 502 g/mol. The molecule has 8 nitrogen and oxygen atoms in total. The van der Waals surface area contributed by atoms with Crippen molar-refractivity contribution in [2.45, 2.75) is 76.2 Å². The average Bonchev–Trinajstić information content (AvgIpc) is 3.15. The summed E-state index contributed by atoms with van der Waals surface area (Å²) in [6, 6.07) is 0. The van der Waals surface area contributed by atoms with Gasteiger partial charge >= 0.3 is 5.69 Å². The molecule has 32 heavy (non-hydrogen) atoms. The Kier molecular flexibility index (Phi) is 6.71. The lowest BCUT2D eigenvalue weighted by Crippen LogP contribution is -2.39. The predicted molar refractivity (Wildman–Crippen MR) is 128 cm³/mol. The molecule has 0 spiro atoms. The van der Waals surface area contributed by atoms with Gasteiger partial charge in [-0.05, 0) is 57.8 Å². The fourth-order valence-electron chi connectivity index (χ4n) is 4.67. The maximum atomic E-state index is 12.3. The summed E-state index contributed by atoms with van der Waals surface area (Å²) in [5, 5.41) is 10.7. The second-order valence-electron chi connectivity index (χ2n) is 9.45. The van der Waals surface area contributed by atoms with Gasteiger partial charge in [0.25, 0.3) is 5.56 Å². The third-order valence-electron chi connectivity index (χ3n) is 6.99. The normalized spacial score (nSPS) is 41.5. The molecule has 0 aromatic carbocycles. The number of rotatable bonds is 5. The van der Waals surface area contributed by atoms with E-state index in [1.807, 2.05) is 6.92 Å². The van der Waals surface area contributed by atoms with Crippen LogP contribution in [0.15, 0.2) is 27.9 Å². The molecule has 178 valence electrons. The number of hydrogen-bond donors (Lipinski definition) is 2. The molecule has 1 unspecified atom stereocenters. The zero-order valence-corrected chi connectivity index (χ0v) is 21.3. The Morgan fingerprint density at radius 2 is 2.25 bits per heavy atom. The average molecular weight is 503 g/mol. The molecule has 1 aliphatic carbocycles. The highest BCUT2D eigenvalue weighted by Gasteiger charge is 2.54. The van der Waals surface area contributed by atoms with E-state index in [9.17, 15) is 14.7 Å². The van der Waals surface area contributed by atoms with E-state index in [-0.39, 0.29) is 23.4 Å². The number of allylic oxidation sites excluding steroid dienone is 1. The van der Waals surface area contributed by atoms with Crippen LogP contribution in [0, 0.1) is 18.8 Å². The summed E-state index contributed by atoms with van der Waals surface area (Å²) in [6.45, 7) is 12.0. The second kappa shape index (κ2) is 8.80. The Morgan fingerprint density at radius 3 is 2.94 bits per heavy atom. The lowest BCUT2D eigenvalue weighted by molar-refractivity contribution is -0.0509. The Bertz CT molecular complexity index is 1070. The minimum absolute atomic E-state index is 0.0386. The van der Waals surface area contributed by atoms with Crippen molar-refractivity contribution in [3.63, 3.8) is 0 Å². The molecule has 2 saturated heterocycles. The number of aliphatic hydroxyl groups excluding tert-OH is 1. The van der Waals surface area contributed by atoms with Crippen molar-refractivity contribution in [2.24, 2.45) is 11.8 Å². The molecular weight excluding hydrogens is 471 g/mol. The standard InChI is InChI=1S/C21H31N2O6PS2/c1-11(2)14-6-7-21(5)16(8-14)29-30(31,32-21)27-10-15-13(4)17(24)19(28-15)23-9-12(3)18(25)22-20(23)26/h9,13-17,19,24H,1,6-8,10H2,2-5H3,(H,22,25,26)/t13-,14-,15-,16+,17-,19-,21+,30?/m1/s1. The van der Waals surface area contributed by atoms with Gasteiger partial charge in [0.1, 0.15) is 6.10 Å². The van der Waals surface area contributed by atoms with Gasteiger partial charge in [0.2, 0.25) is 5.69 Å². The quantitative estimate of drug-likeness (QED) is 0.467. The van der Waals surface area contributed by atoms with Gasteiger partial charge in [-0.2, -0.15) is 0 Å². The maximum Gasteiger partial charge on any atom is 0.330 e. The number of ether oxygens (including phenoxy) is 1. The maximum absolute atomic E-state index is 12.3. The SMILES string of the molecule is C=C(C)[C@@H]1CC[C@]2(C)SP(=S)(OC[C@H]3O[C@@H](n4cc(C)c(=O)[nH]c4=O)[C@H](O)[C@@H]3C)O[C@H]2C1. The van der Waals surface area contributed by atoms with Gasteiger partial charge in [-0.3, -0.25) is 14.3 Å². The van der Waals surface area contributed by atoms with E-state index in [1.54, 1.807) is 18.3 Å². The topological polar surface area (TPSA) is 103 Å². The van der Waals surface area contributed by atoms with Gasteiger partial charge < -0.3 is 18.9 Å². The van der Waals surface area contributed by atoms with Crippen molar-refractivity contribution in [3.8, 4) is 0 Å². The molecular formula is C21H31N2O6PS2. The van der Waals surface area contributed by atoms with E-state index in [0.717, 1.165) is 19.3 Å². The minimum Gasteiger partial charge on any atom is -0.388 e. The summed E-state index contributed by atoms with van der Waals surface area (Å²) >= 11 is 7.47. The molecule has 1 saturated carbocycles. The first-order chi connectivity index (χ1) is 14.9. The molecule has 1 aromatic heterocycles. The van der Waals surface area contributed by atoms with E-state index in [1.165, 1.54) is 16.3 Å². The number of fused-ring (bicyclic) bond motifs is 1. The zero-order chi connectivity index (χ0) is 23.4. The Balaban J connectivity index is 1.44. The number of nitrogens with zero attached hydrogens (tertiary/aromatic N) is 1. The van der Waals surface area contributed by atoms with Crippen LogP contribution in [0.25, 0.3) is 0 Å². The number of aryl methyl sites for hydroxylation is 1. The number of aromatic nitrogens is 2. The Morgan fingerprint density at radius 1 is 1.53 bits per heavy atom. The van der Waals surface area contributed by atoms with Gasteiger partial charge in [0.05, 0.1) is 18.8 Å². The number of aromatic amines is 1. The van der Waals surface area contributed by atoms with E-state index in [4.69, 9.17) is 25.6 Å². The summed E-state index contributed by atoms with van der Waals surface area (Å²) in [7, 11) is 0. The third kappa shape index (κ3) is 4.48. The van der Waals surface area contributed by atoms with Crippen LogP contribution in [0.5, 0.6) is 0 Å². The molecule has 8 atom stereocenters. The first-order valence-electron chi connectivity index (χ1n) is 10.9. The summed E-state index contributed by atoms with van der Waals surface area (Å²) < 4.78 is 19.7. The number of hydrogen-bond acceptors (Lipinski definition) is 8. The Hall–Kier alpha value is -0.740. The zero-order valence-electron chi connectivity index (χ0n) is 18.8. The largest absolute Gasteiger partial charge is 0.388 e. The van der Waals surface area contributed by atoms with Crippen molar-refractivity contribution in [2.75, 3.05) is 6.61 Å². The molecule has 3 aliphatic rings.